The van der Waals surface area contributed by atoms with Crippen LogP contribution in [0, 0.1) is 18.3 Å². The van der Waals surface area contributed by atoms with E-state index < -0.39 is 0 Å². The summed E-state index contributed by atoms with van der Waals surface area (Å²) in [5.41, 5.74) is 3.89. The van der Waals surface area contributed by atoms with Gasteiger partial charge in [-0.3, -0.25) is 0 Å². The minimum atomic E-state index is 0.575. The van der Waals surface area contributed by atoms with E-state index >= 15 is 0 Å². The molecular weight excluding hydrogens is 340 g/mol. The first-order valence-corrected chi connectivity index (χ1v) is 10.2. The fourth-order valence-electron chi connectivity index (χ4n) is 3.62. The molecule has 2 N–H and O–H groups in total. The second-order valence-corrected chi connectivity index (χ2v) is 7.98. The van der Waals surface area contributed by atoms with Crippen molar-refractivity contribution in [2.75, 3.05) is 12.4 Å². The number of rotatable bonds is 6. The molecule has 1 aliphatic rings. The zero-order valence-corrected chi connectivity index (χ0v) is 16.4. The zero-order chi connectivity index (χ0) is 18.4. The molecule has 1 atom stereocenters. The van der Waals surface area contributed by atoms with Gasteiger partial charge in [0.15, 0.2) is 0 Å². The molecule has 2 aromatic rings. The smallest absolute Gasteiger partial charge is 0.135 e. The average molecular weight is 368 g/mol. The summed E-state index contributed by atoms with van der Waals surface area (Å²) in [5.74, 6) is 0. The van der Waals surface area contributed by atoms with Crippen molar-refractivity contribution >= 4 is 22.6 Å². The lowest BCUT2D eigenvalue weighted by molar-refractivity contribution is -0.921. The van der Waals surface area contributed by atoms with Gasteiger partial charge in [0, 0.05) is 28.5 Å². The summed E-state index contributed by atoms with van der Waals surface area (Å²) in [5, 5.41) is 15.5. The van der Waals surface area contributed by atoms with Crippen molar-refractivity contribution in [2.45, 2.75) is 51.6 Å². The molecule has 26 heavy (non-hydrogen) atoms. The molecule has 1 unspecified atom stereocenters. The molecule has 0 aliphatic heterocycles. The molecule has 0 spiro atoms. The molecule has 0 saturated heterocycles. The third-order valence-electron chi connectivity index (χ3n) is 5.13. The van der Waals surface area contributed by atoms with Crippen molar-refractivity contribution in [3.05, 3.63) is 52.1 Å². The van der Waals surface area contributed by atoms with E-state index in [2.05, 4.69) is 41.6 Å². The predicted molar refractivity (Wildman–Crippen MR) is 108 cm³/mol. The summed E-state index contributed by atoms with van der Waals surface area (Å²) in [4.78, 5) is 5.99. The Labute approximate surface area is 160 Å². The van der Waals surface area contributed by atoms with Gasteiger partial charge in [0.1, 0.15) is 23.2 Å². The largest absolute Gasteiger partial charge is 0.360 e. The summed E-state index contributed by atoms with van der Waals surface area (Å²) < 4.78 is 0. The lowest BCUT2D eigenvalue weighted by atomic mass is 9.94. The quantitative estimate of drug-likeness (QED) is 0.764. The number of nitriles is 1. The molecule has 1 heterocycles. The first kappa shape index (κ1) is 18.6. The third-order valence-corrected chi connectivity index (χ3v) is 6.12. The molecule has 0 bridgehead atoms. The van der Waals surface area contributed by atoms with Crippen LogP contribution in [0.25, 0.3) is 5.57 Å². The maximum atomic E-state index is 9.46. The Bertz CT molecular complexity index is 796. The lowest BCUT2D eigenvalue weighted by Crippen LogP contribution is -3.11. The SMILES string of the molecule is Cc1csc(/C(C#N)=C/Nc2ccccc2C[NH+](C)C2CCCCC2)n1. The van der Waals surface area contributed by atoms with Gasteiger partial charge in [-0.25, -0.2) is 4.98 Å². The molecule has 1 aromatic carbocycles. The van der Waals surface area contributed by atoms with Crippen molar-refractivity contribution in [3.8, 4) is 6.07 Å². The van der Waals surface area contributed by atoms with E-state index in [-0.39, 0.29) is 0 Å². The standard InChI is InChI=1S/C21H26N4S/c1-16-15-26-21(24-16)18(12-22)13-23-20-11-7-6-8-17(20)14-25(2)19-9-4-3-5-10-19/h6-8,11,13,15,19,23H,3-5,9-10,14H2,1-2H3/p+1/b18-13+. The van der Waals surface area contributed by atoms with E-state index in [1.165, 1.54) is 49.0 Å². The highest BCUT2D eigenvalue weighted by atomic mass is 32.1. The zero-order valence-electron chi connectivity index (χ0n) is 15.6. The fourth-order valence-corrected chi connectivity index (χ4v) is 4.39. The number of nitrogens with zero attached hydrogens (tertiary/aromatic N) is 2. The van der Waals surface area contributed by atoms with E-state index in [0.717, 1.165) is 29.0 Å². The van der Waals surface area contributed by atoms with E-state index in [1.54, 1.807) is 11.1 Å². The summed E-state index contributed by atoms with van der Waals surface area (Å²) in [6, 6.07) is 11.4. The Balaban J connectivity index is 1.72. The minimum absolute atomic E-state index is 0.575. The van der Waals surface area contributed by atoms with Crippen molar-refractivity contribution < 1.29 is 4.90 Å². The number of thiazole rings is 1. The molecule has 1 aromatic heterocycles. The molecule has 5 heteroatoms. The van der Waals surface area contributed by atoms with Gasteiger partial charge in [-0.15, -0.1) is 11.3 Å². The van der Waals surface area contributed by atoms with Crippen LogP contribution in [0.3, 0.4) is 0 Å². The first-order valence-electron chi connectivity index (χ1n) is 9.37. The number of aromatic nitrogens is 1. The van der Waals surface area contributed by atoms with E-state index in [9.17, 15) is 5.26 Å². The minimum Gasteiger partial charge on any atom is -0.360 e. The highest BCUT2D eigenvalue weighted by Crippen LogP contribution is 2.21. The van der Waals surface area contributed by atoms with Crippen LogP contribution >= 0.6 is 11.3 Å². The van der Waals surface area contributed by atoms with Gasteiger partial charge in [0.05, 0.1) is 13.1 Å². The van der Waals surface area contributed by atoms with Crippen molar-refractivity contribution in [3.63, 3.8) is 0 Å². The highest BCUT2D eigenvalue weighted by molar-refractivity contribution is 7.10. The Morgan fingerprint density at radius 3 is 2.81 bits per heavy atom. The summed E-state index contributed by atoms with van der Waals surface area (Å²) >= 11 is 1.50. The van der Waals surface area contributed by atoms with Crippen LogP contribution in [0.15, 0.2) is 35.8 Å². The molecular formula is C21H27N4S+. The normalized spacial score (nSPS) is 16.9. The summed E-state index contributed by atoms with van der Waals surface area (Å²) in [6.45, 7) is 2.95. The lowest BCUT2D eigenvalue weighted by Gasteiger charge is -2.28. The van der Waals surface area contributed by atoms with Crippen molar-refractivity contribution in [1.82, 2.24) is 4.98 Å². The molecule has 0 radical (unpaired) electrons. The second-order valence-electron chi connectivity index (χ2n) is 7.12. The van der Waals surface area contributed by atoms with Crippen LogP contribution < -0.4 is 10.2 Å². The average Bonchev–Trinajstić information content (AvgIpc) is 3.10. The molecule has 1 aliphatic carbocycles. The van der Waals surface area contributed by atoms with Crippen LogP contribution in [0.1, 0.15) is 48.4 Å². The monoisotopic (exact) mass is 367 g/mol. The van der Waals surface area contributed by atoms with Gasteiger partial charge in [-0.05, 0) is 38.7 Å². The number of aryl methyl sites for hydroxylation is 1. The Hall–Kier alpha value is -2.16. The van der Waals surface area contributed by atoms with Crippen molar-refractivity contribution in [1.29, 1.82) is 5.26 Å². The van der Waals surface area contributed by atoms with Crippen LogP contribution in [0.2, 0.25) is 0 Å². The Kier molecular flexibility index (Phi) is 6.43. The molecule has 1 fully saturated rings. The third kappa shape index (κ3) is 4.72. The fraction of sp³-hybridized carbons (Fsp3) is 0.429. The number of benzene rings is 1. The maximum absolute atomic E-state index is 9.46. The van der Waals surface area contributed by atoms with Gasteiger partial charge in [-0.2, -0.15) is 5.26 Å². The number of para-hydroxylation sites is 1. The Morgan fingerprint density at radius 1 is 1.35 bits per heavy atom. The van der Waals surface area contributed by atoms with Gasteiger partial charge in [-0.1, -0.05) is 24.6 Å². The molecule has 136 valence electrons. The predicted octanol–water partition coefficient (Wildman–Crippen LogP) is 3.78. The number of hydrogen-bond donors (Lipinski definition) is 2. The first-order chi connectivity index (χ1) is 12.7. The number of anilines is 1. The Morgan fingerprint density at radius 2 is 2.12 bits per heavy atom. The van der Waals surface area contributed by atoms with Gasteiger partial charge < -0.3 is 10.2 Å². The number of hydrogen-bond acceptors (Lipinski definition) is 4. The van der Waals surface area contributed by atoms with E-state index in [4.69, 9.17) is 0 Å². The topological polar surface area (TPSA) is 53.1 Å². The summed E-state index contributed by atoms with van der Waals surface area (Å²) in [6.07, 6.45) is 8.58. The number of nitrogens with one attached hydrogen (secondary N) is 2. The van der Waals surface area contributed by atoms with Crippen molar-refractivity contribution in [2.24, 2.45) is 0 Å². The van der Waals surface area contributed by atoms with Crippen LogP contribution in [-0.2, 0) is 6.54 Å². The maximum Gasteiger partial charge on any atom is 0.135 e. The van der Waals surface area contributed by atoms with Crippen LogP contribution in [0.5, 0.6) is 0 Å². The van der Waals surface area contributed by atoms with Gasteiger partial charge >= 0.3 is 0 Å². The number of quaternary nitrogens is 1. The highest BCUT2D eigenvalue weighted by Gasteiger charge is 2.22. The molecule has 4 nitrogen and oxygen atoms in total. The second kappa shape index (κ2) is 8.98. The van der Waals surface area contributed by atoms with E-state index in [0.29, 0.717) is 5.57 Å². The van der Waals surface area contributed by atoms with E-state index in [1.807, 2.05) is 18.4 Å². The van der Waals surface area contributed by atoms with Gasteiger partial charge in [0.2, 0.25) is 0 Å². The van der Waals surface area contributed by atoms with Crippen LogP contribution in [-0.4, -0.2) is 18.1 Å². The summed E-state index contributed by atoms with van der Waals surface area (Å²) in [7, 11) is 2.31. The number of allylic oxidation sites excluding steroid dienone is 1. The molecule has 1 saturated carbocycles. The van der Waals surface area contributed by atoms with Gasteiger partial charge in [0.25, 0.3) is 0 Å². The van der Waals surface area contributed by atoms with Crippen LogP contribution in [0.4, 0.5) is 5.69 Å². The molecule has 0 amide bonds. The molecule has 3 rings (SSSR count).